The second-order valence-corrected chi connectivity index (χ2v) is 5.43. The van der Waals surface area contributed by atoms with Crippen LogP contribution in [0.3, 0.4) is 0 Å². The van der Waals surface area contributed by atoms with Crippen molar-refractivity contribution < 1.29 is 14.3 Å². The molecule has 19 heavy (non-hydrogen) atoms. The maximum absolute atomic E-state index is 11.9. The van der Waals surface area contributed by atoms with Crippen LogP contribution in [0.2, 0.25) is 0 Å². The summed E-state index contributed by atoms with van der Waals surface area (Å²) in [5.74, 6) is 0.0879. The van der Waals surface area contributed by atoms with Crippen LogP contribution in [0.1, 0.15) is 6.92 Å². The molecule has 0 aromatic heterocycles. The minimum Gasteiger partial charge on any atom is -0.370 e. The topological polar surface area (TPSA) is 54.0 Å². The normalized spacial score (nSPS) is 29.5. The molecule has 110 valence electrons. The average Bonchev–Trinajstić information content (AvgIpc) is 2.39. The average molecular weight is 271 g/mol. The van der Waals surface area contributed by atoms with Crippen molar-refractivity contribution in [2.75, 3.05) is 59.5 Å². The largest absolute Gasteiger partial charge is 0.370 e. The van der Waals surface area contributed by atoms with Crippen LogP contribution in [0.5, 0.6) is 0 Å². The molecule has 2 unspecified atom stereocenters. The van der Waals surface area contributed by atoms with Gasteiger partial charge in [-0.15, -0.1) is 0 Å². The summed E-state index contributed by atoms with van der Waals surface area (Å²) >= 11 is 0. The summed E-state index contributed by atoms with van der Waals surface area (Å²) in [4.78, 5) is 16.0. The summed E-state index contributed by atoms with van der Waals surface area (Å²) in [6, 6.07) is 0. The number of nitrogens with zero attached hydrogens (tertiary/aromatic N) is 2. The third-order valence-corrected chi connectivity index (χ3v) is 3.61. The third kappa shape index (κ3) is 4.72. The molecule has 6 nitrogen and oxygen atoms in total. The highest BCUT2D eigenvalue weighted by Crippen LogP contribution is 2.04. The highest BCUT2D eigenvalue weighted by atomic mass is 16.5. The molecule has 0 aliphatic carbocycles. The summed E-state index contributed by atoms with van der Waals surface area (Å²) in [5, 5.41) is 3.29. The summed E-state index contributed by atoms with van der Waals surface area (Å²) in [5.41, 5.74) is 0. The molecule has 2 atom stereocenters. The Morgan fingerprint density at radius 1 is 1.32 bits per heavy atom. The van der Waals surface area contributed by atoms with Gasteiger partial charge in [-0.05, 0) is 14.0 Å². The van der Waals surface area contributed by atoms with Crippen molar-refractivity contribution in [2.24, 2.45) is 0 Å². The fourth-order valence-corrected chi connectivity index (χ4v) is 2.40. The molecule has 2 aliphatic rings. The molecule has 0 aromatic carbocycles. The van der Waals surface area contributed by atoms with Crippen molar-refractivity contribution in [1.82, 2.24) is 15.1 Å². The van der Waals surface area contributed by atoms with E-state index in [0.29, 0.717) is 6.61 Å². The predicted molar refractivity (Wildman–Crippen MR) is 72.1 cm³/mol. The maximum Gasteiger partial charge on any atom is 0.248 e. The Balaban J connectivity index is 1.61. The van der Waals surface area contributed by atoms with Gasteiger partial charge < -0.3 is 24.6 Å². The fourth-order valence-electron chi connectivity index (χ4n) is 2.40. The number of piperazine rings is 1. The van der Waals surface area contributed by atoms with Gasteiger partial charge in [-0.1, -0.05) is 0 Å². The van der Waals surface area contributed by atoms with Gasteiger partial charge in [0.25, 0.3) is 0 Å². The van der Waals surface area contributed by atoms with Gasteiger partial charge in [0.2, 0.25) is 5.91 Å². The van der Waals surface area contributed by atoms with Gasteiger partial charge >= 0.3 is 0 Å². The molecule has 0 spiro atoms. The quantitative estimate of drug-likeness (QED) is 0.722. The minimum atomic E-state index is 0.0593. The molecule has 0 aromatic rings. The Kier molecular flexibility index (Phi) is 5.57. The number of hydrogen-bond acceptors (Lipinski definition) is 5. The van der Waals surface area contributed by atoms with Gasteiger partial charge in [0, 0.05) is 39.3 Å². The van der Waals surface area contributed by atoms with E-state index in [2.05, 4.69) is 17.3 Å². The number of ether oxygens (including phenoxy) is 2. The van der Waals surface area contributed by atoms with Crippen LogP contribution in [0.25, 0.3) is 0 Å². The van der Waals surface area contributed by atoms with Crippen molar-refractivity contribution in [2.45, 2.75) is 19.1 Å². The summed E-state index contributed by atoms with van der Waals surface area (Å²) in [6.07, 6.45) is 0.278. The first-order valence-electron chi connectivity index (χ1n) is 7.05. The van der Waals surface area contributed by atoms with Crippen molar-refractivity contribution in [3.8, 4) is 0 Å². The monoisotopic (exact) mass is 271 g/mol. The van der Waals surface area contributed by atoms with E-state index in [4.69, 9.17) is 9.47 Å². The van der Waals surface area contributed by atoms with E-state index in [9.17, 15) is 4.79 Å². The van der Waals surface area contributed by atoms with Crippen LogP contribution in [0.4, 0.5) is 0 Å². The van der Waals surface area contributed by atoms with Gasteiger partial charge in [0.05, 0.1) is 18.8 Å². The first-order valence-corrected chi connectivity index (χ1v) is 7.05. The van der Waals surface area contributed by atoms with E-state index in [1.54, 1.807) is 0 Å². The first-order chi connectivity index (χ1) is 9.15. The van der Waals surface area contributed by atoms with E-state index >= 15 is 0 Å². The molecule has 2 aliphatic heterocycles. The number of nitrogens with one attached hydrogen (secondary N) is 1. The molecule has 1 amide bonds. The number of likely N-dealkylation sites (N-methyl/N-ethyl adjacent to an activating group) is 1. The summed E-state index contributed by atoms with van der Waals surface area (Å²) in [7, 11) is 2.08. The van der Waals surface area contributed by atoms with Crippen LogP contribution in [-0.2, 0) is 14.3 Å². The number of amides is 1. The van der Waals surface area contributed by atoms with Crippen molar-refractivity contribution in [1.29, 1.82) is 0 Å². The lowest BCUT2D eigenvalue weighted by Gasteiger charge is -2.32. The Morgan fingerprint density at radius 3 is 2.74 bits per heavy atom. The van der Waals surface area contributed by atoms with Gasteiger partial charge in [0.15, 0.2) is 0 Å². The van der Waals surface area contributed by atoms with E-state index in [1.807, 2.05) is 11.8 Å². The second kappa shape index (κ2) is 7.19. The van der Waals surface area contributed by atoms with Gasteiger partial charge in [-0.2, -0.15) is 0 Å². The molecule has 0 radical (unpaired) electrons. The smallest absolute Gasteiger partial charge is 0.248 e. The molecule has 0 saturated carbocycles. The van der Waals surface area contributed by atoms with Crippen LogP contribution in [0.15, 0.2) is 0 Å². The SMILES string of the molecule is CC1CNCC(COCC(=O)N2CCN(C)CC2)O1. The predicted octanol–water partition coefficient (Wildman–Crippen LogP) is -0.846. The molecular weight excluding hydrogens is 246 g/mol. The Hall–Kier alpha value is -0.690. The van der Waals surface area contributed by atoms with Crippen LogP contribution in [-0.4, -0.2) is 87.4 Å². The number of morpholine rings is 1. The number of carbonyl (C=O) groups excluding carboxylic acids is 1. The Morgan fingerprint density at radius 2 is 2.05 bits per heavy atom. The zero-order chi connectivity index (χ0) is 13.7. The van der Waals surface area contributed by atoms with Gasteiger partial charge in [0.1, 0.15) is 6.61 Å². The second-order valence-electron chi connectivity index (χ2n) is 5.43. The zero-order valence-corrected chi connectivity index (χ0v) is 11.9. The zero-order valence-electron chi connectivity index (χ0n) is 11.9. The molecular formula is C13H25N3O3. The highest BCUT2D eigenvalue weighted by molar-refractivity contribution is 5.77. The van der Waals surface area contributed by atoms with Crippen molar-refractivity contribution >= 4 is 5.91 Å². The Labute approximate surface area is 115 Å². The summed E-state index contributed by atoms with van der Waals surface area (Å²) < 4.78 is 11.2. The summed E-state index contributed by atoms with van der Waals surface area (Å²) in [6.45, 7) is 7.86. The van der Waals surface area contributed by atoms with Crippen LogP contribution >= 0.6 is 0 Å². The van der Waals surface area contributed by atoms with Gasteiger partial charge in [-0.25, -0.2) is 0 Å². The lowest BCUT2D eigenvalue weighted by molar-refractivity contribution is -0.140. The van der Waals surface area contributed by atoms with Crippen LogP contribution < -0.4 is 5.32 Å². The highest BCUT2D eigenvalue weighted by Gasteiger charge is 2.21. The van der Waals surface area contributed by atoms with E-state index < -0.39 is 0 Å². The lowest BCUT2D eigenvalue weighted by atomic mass is 10.2. The molecule has 2 heterocycles. The molecule has 0 bridgehead atoms. The number of hydrogen-bond donors (Lipinski definition) is 1. The fraction of sp³-hybridized carbons (Fsp3) is 0.923. The molecule has 2 rings (SSSR count). The number of carbonyl (C=O) groups is 1. The third-order valence-electron chi connectivity index (χ3n) is 3.61. The molecule has 6 heteroatoms. The standard InChI is InChI=1S/C13H25N3O3/c1-11-7-14-8-12(19-11)9-18-10-13(17)16-5-3-15(2)4-6-16/h11-12,14H,3-10H2,1-2H3. The van der Waals surface area contributed by atoms with Crippen molar-refractivity contribution in [3.63, 3.8) is 0 Å². The minimum absolute atomic E-state index is 0.0593. The lowest BCUT2D eigenvalue weighted by Crippen LogP contribution is -2.49. The van der Waals surface area contributed by atoms with Crippen LogP contribution in [0, 0.1) is 0 Å². The Bertz CT molecular complexity index is 293. The van der Waals surface area contributed by atoms with Crippen molar-refractivity contribution in [3.05, 3.63) is 0 Å². The number of rotatable bonds is 4. The molecule has 2 fully saturated rings. The van der Waals surface area contributed by atoms with E-state index in [-0.39, 0.29) is 24.7 Å². The molecule has 1 N–H and O–H groups in total. The van der Waals surface area contributed by atoms with E-state index in [0.717, 1.165) is 39.3 Å². The molecule has 2 saturated heterocycles. The van der Waals surface area contributed by atoms with Gasteiger partial charge in [-0.3, -0.25) is 4.79 Å². The maximum atomic E-state index is 11.9. The first kappa shape index (κ1) is 14.7. The van der Waals surface area contributed by atoms with E-state index in [1.165, 1.54) is 0 Å².